The summed E-state index contributed by atoms with van der Waals surface area (Å²) in [6.07, 6.45) is 0.103. The van der Waals surface area contributed by atoms with Crippen LogP contribution in [0.5, 0.6) is 0 Å². The quantitative estimate of drug-likeness (QED) is 0.286. The highest BCUT2D eigenvalue weighted by molar-refractivity contribution is 7.14. The molecule has 0 bridgehead atoms. The van der Waals surface area contributed by atoms with Crippen LogP contribution in [0.3, 0.4) is 0 Å². The zero-order valence-corrected chi connectivity index (χ0v) is 20.0. The SMILES string of the molecule is CCOC(=O)Cc1csc(NC(=O)CN2CC(c3nc(-c4cccs4)no3)C2)n1.O=C(O)C(=O)O. The number of nitrogens with zero attached hydrogens (tertiary/aromatic N) is 4. The van der Waals surface area contributed by atoms with E-state index in [0.29, 0.717) is 42.2 Å². The van der Waals surface area contributed by atoms with Crippen molar-refractivity contribution in [3.8, 4) is 10.7 Å². The molecule has 1 fully saturated rings. The van der Waals surface area contributed by atoms with E-state index in [1.807, 2.05) is 22.4 Å². The summed E-state index contributed by atoms with van der Waals surface area (Å²) in [5, 5.41) is 25.8. The number of hydrogen-bond acceptors (Lipinski definition) is 12. The number of thiophene rings is 1. The minimum atomic E-state index is -1.82. The van der Waals surface area contributed by atoms with Gasteiger partial charge in [0.05, 0.1) is 36.1 Å². The average molecular weight is 524 g/mol. The Bertz CT molecular complexity index is 1160. The summed E-state index contributed by atoms with van der Waals surface area (Å²) in [6.45, 7) is 3.72. The first-order valence-electron chi connectivity index (χ1n) is 10.2. The van der Waals surface area contributed by atoms with Crippen molar-refractivity contribution in [2.45, 2.75) is 19.3 Å². The number of ether oxygens (including phenoxy) is 1. The molecular formula is C20H21N5O8S2. The molecule has 0 atom stereocenters. The van der Waals surface area contributed by atoms with Gasteiger partial charge in [-0.1, -0.05) is 11.2 Å². The van der Waals surface area contributed by atoms with Crippen LogP contribution in [0.15, 0.2) is 27.4 Å². The summed E-state index contributed by atoms with van der Waals surface area (Å²) >= 11 is 2.85. The molecule has 0 saturated carbocycles. The lowest BCUT2D eigenvalue weighted by Gasteiger charge is -2.36. The van der Waals surface area contributed by atoms with Gasteiger partial charge >= 0.3 is 17.9 Å². The molecule has 13 nitrogen and oxygen atoms in total. The van der Waals surface area contributed by atoms with Gasteiger partial charge in [-0.2, -0.15) is 4.98 Å². The summed E-state index contributed by atoms with van der Waals surface area (Å²) < 4.78 is 10.3. The Kier molecular flexibility index (Phi) is 8.99. The Hall–Kier alpha value is -3.69. The predicted molar refractivity (Wildman–Crippen MR) is 123 cm³/mol. The van der Waals surface area contributed by atoms with Crippen molar-refractivity contribution in [1.82, 2.24) is 20.0 Å². The summed E-state index contributed by atoms with van der Waals surface area (Å²) in [7, 11) is 0. The van der Waals surface area contributed by atoms with Crippen molar-refractivity contribution in [1.29, 1.82) is 0 Å². The number of aliphatic carboxylic acids is 2. The highest BCUT2D eigenvalue weighted by atomic mass is 32.1. The van der Waals surface area contributed by atoms with Crippen LogP contribution >= 0.6 is 22.7 Å². The summed E-state index contributed by atoms with van der Waals surface area (Å²) in [5.74, 6) is -2.77. The lowest BCUT2D eigenvalue weighted by Crippen LogP contribution is -2.48. The molecular weight excluding hydrogens is 502 g/mol. The second-order valence-corrected chi connectivity index (χ2v) is 8.91. The smallest absolute Gasteiger partial charge is 0.414 e. The van der Waals surface area contributed by atoms with Gasteiger partial charge in [0.1, 0.15) is 0 Å². The minimum Gasteiger partial charge on any atom is -0.473 e. The van der Waals surface area contributed by atoms with Crippen LogP contribution in [0.25, 0.3) is 10.7 Å². The Morgan fingerprint density at radius 2 is 1.94 bits per heavy atom. The van der Waals surface area contributed by atoms with Crippen LogP contribution in [0.1, 0.15) is 24.4 Å². The predicted octanol–water partition coefficient (Wildman–Crippen LogP) is 1.55. The number of carbonyl (C=O) groups is 4. The number of thiazole rings is 1. The number of anilines is 1. The fourth-order valence-corrected chi connectivity index (χ4v) is 4.31. The molecule has 35 heavy (non-hydrogen) atoms. The monoisotopic (exact) mass is 523 g/mol. The zero-order chi connectivity index (χ0) is 25.4. The Morgan fingerprint density at radius 1 is 1.20 bits per heavy atom. The van der Waals surface area contributed by atoms with E-state index in [2.05, 4.69) is 20.4 Å². The van der Waals surface area contributed by atoms with Crippen molar-refractivity contribution >= 4 is 51.6 Å². The zero-order valence-electron chi connectivity index (χ0n) is 18.4. The van der Waals surface area contributed by atoms with Crippen LogP contribution in [-0.4, -0.2) is 80.3 Å². The van der Waals surface area contributed by atoms with Gasteiger partial charge in [0, 0.05) is 18.5 Å². The van der Waals surface area contributed by atoms with E-state index in [0.717, 1.165) is 4.88 Å². The lowest BCUT2D eigenvalue weighted by molar-refractivity contribution is -0.159. The van der Waals surface area contributed by atoms with Crippen LogP contribution in [0, 0.1) is 0 Å². The van der Waals surface area contributed by atoms with E-state index in [-0.39, 0.29) is 30.8 Å². The number of nitrogens with one attached hydrogen (secondary N) is 1. The first-order valence-corrected chi connectivity index (χ1v) is 12.0. The van der Waals surface area contributed by atoms with Gasteiger partial charge in [-0.15, -0.1) is 22.7 Å². The molecule has 186 valence electrons. The molecule has 0 spiro atoms. The normalized spacial score (nSPS) is 13.3. The van der Waals surface area contributed by atoms with Gasteiger partial charge in [-0.05, 0) is 18.4 Å². The molecule has 0 unspecified atom stereocenters. The highest BCUT2D eigenvalue weighted by Gasteiger charge is 2.33. The maximum atomic E-state index is 12.2. The number of likely N-dealkylation sites (tertiary alicyclic amines) is 1. The van der Waals surface area contributed by atoms with Gasteiger partial charge in [-0.3, -0.25) is 14.5 Å². The summed E-state index contributed by atoms with van der Waals surface area (Å²) in [5.41, 5.74) is 0.589. The van der Waals surface area contributed by atoms with Crippen molar-refractivity contribution in [2.75, 3.05) is 31.6 Å². The second kappa shape index (κ2) is 12.1. The van der Waals surface area contributed by atoms with E-state index in [9.17, 15) is 9.59 Å². The molecule has 1 aliphatic heterocycles. The molecule has 3 aromatic heterocycles. The molecule has 3 aromatic rings. The van der Waals surface area contributed by atoms with Gasteiger partial charge in [0.15, 0.2) is 5.13 Å². The number of hydrogen-bond donors (Lipinski definition) is 3. The standard InChI is InChI=1S/C18H19N5O4S2.C2H2O4/c1-2-26-15(25)6-12-10-29-18(19-12)20-14(24)9-23-7-11(8-23)17-21-16(22-27-17)13-4-3-5-28-13;3-1(4)2(5)6/h3-5,10-11H,2,6-9H2,1H3,(H,19,20,24);(H,3,4)(H,5,6). The molecule has 3 N–H and O–H groups in total. The molecule has 1 saturated heterocycles. The van der Waals surface area contributed by atoms with Crippen LogP contribution < -0.4 is 5.32 Å². The summed E-state index contributed by atoms with van der Waals surface area (Å²) in [4.78, 5) is 53.6. The van der Waals surface area contributed by atoms with E-state index in [1.54, 1.807) is 23.6 Å². The van der Waals surface area contributed by atoms with Crippen LogP contribution in [0.4, 0.5) is 5.13 Å². The number of aromatic nitrogens is 3. The lowest BCUT2D eigenvalue weighted by atomic mass is 10.0. The maximum Gasteiger partial charge on any atom is 0.414 e. The van der Waals surface area contributed by atoms with E-state index < -0.39 is 11.9 Å². The molecule has 15 heteroatoms. The molecule has 1 amide bonds. The van der Waals surface area contributed by atoms with Gasteiger partial charge in [0.25, 0.3) is 0 Å². The maximum absolute atomic E-state index is 12.2. The topological polar surface area (TPSA) is 185 Å². The van der Waals surface area contributed by atoms with Crippen molar-refractivity contribution in [3.05, 3.63) is 34.5 Å². The van der Waals surface area contributed by atoms with Gasteiger partial charge < -0.3 is 24.8 Å². The first-order chi connectivity index (χ1) is 16.7. The fraction of sp³-hybridized carbons (Fsp3) is 0.350. The van der Waals surface area contributed by atoms with Gasteiger partial charge in [-0.25, -0.2) is 14.6 Å². The number of rotatable bonds is 8. The Labute approximate surface area is 206 Å². The molecule has 0 aliphatic carbocycles. The van der Waals surface area contributed by atoms with Crippen LogP contribution in [-0.2, 0) is 30.3 Å². The molecule has 4 heterocycles. The minimum absolute atomic E-state index is 0.103. The van der Waals surface area contributed by atoms with Gasteiger partial charge in [0.2, 0.25) is 17.6 Å². The van der Waals surface area contributed by atoms with E-state index >= 15 is 0 Å². The second-order valence-electron chi connectivity index (χ2n) is 7.11. The number of carbonyl (C=O) groups excluding carboxylic acids is 2. The highest BCUT2D eigenvalue weighted by Crippen LogP contribution is 2.28. The molecule has 0 aromatic carbocycles. The third-order valence-corrected chi connectivity index (χ3v) is 6.14. The van der Waals surface area contributed by atoms with Crippen molar-refractivity contribution < 1.29 is 38.7 Å². The average Bonchev–Trinajstić information content (AvgIpc) is 3.53. The number of esters is 1. The fourth-order valence-electron chi connectivity index (χ4n) is 2.93. The Balaban J connectivity index is 0.000000509. The molecule has 0 radical (unpaired) electrons. The van der Waals surface area contributed by atoms with E-state index in [4.69, 9.17) is 29.1 Å². The third kappa shape index (κ3) is 7.66. The van der Waals surface area contributed by atoms with Crippen LogP contribution in [0.2, 0.25) is 0 Å². The van der Waals surface area contributed by atoms with Crippen molar-refractivity contribution in [2.24, 2.45) is 0 Å². The number of carboxylic acids is 2. The number of amides is 1. The largest absolute Gasteiger partial charge is 0.473 e. The van der Waals surface area contributed by atoms with E-state index in [1.165, 1.54) is 11.3 Å². The first kappa shape index (κ1) is 25.9. The number of carboxylic acid groups (broad SMARTS) is 2. The Morgan fingerprint density at radius 3 is 2.57 bits per heavy atom. The third-order valence-electron chi connectivity index (χ3n) is 4.47. The molecule has 1 aliphatic rings. The van der Waals surface area contributed by atoms with Crippen molar-refractivity contribution in [3.63, 3.8) is 0 Å². The summed E-state index contributed by atoms with van der Waals surface area (Å²) in [6, 6.07) is 3.90. The molecule has 4 rings (SSSR count).